The van der Waals surface area contributed by atoms with Gasteiger partial charge in [-0.1, -0.05) is 273 Å². The summed E-state index contributed by atoms with van der Waals surface area (Å²) < 4.78 is 1.77. The average Bonchev–Trinajstić information content (AvgIpc) is 3.39. The van der Waals surface area contributed by atoms with Gasteiger partial charge >= 0.3 is 69.5 Å². The van der Waals surface area contributed by atoms with Crippen LogP contribution in [-0.2, 0) is 9.59 Å². The van der Waals surface area contributed by atoms with Crippen LogP contribution in [0.4, 0.5) is 0 Å². The van der Waals surface area contributed by atoms with Crippen molar-refractivity contribution in [1.29, 1.82) is 0 Å². The zero-order chi connectivity index (χ0) is 54.5. The standard InChI is InChI=1S/2C28H56O2S2.2C4H9.Sn/c2*1-4-7-9-11-13-15-17-19-21-23-25-31-28(6-3,27(29)30)32-26-24-22-20-18-16-14-12-10-8-5-2;2*1-3-4-2;/h2*4-26H2,1-3H3,(H,29,30);2*1,3-4H2,2H3;/q;;;;+2/p-2. The number of hydrogen-bond donors (Lipinski definition) is 0. The van der Waals surface area contributed by atoms with Crippen LogP contribution in [0.25, 0.3) is 0 Å². The molecule has 0 aromatic carbocycles. The summed E-state index contributed by atoms with van der Waals surface area (Å²) in [4.78, 5) is 23.9. The first-order valence-corrected chi connectivity index (χ1v) is 40.3. The van der Waals surface area contributed by atoms with E-state index < -0.39 is 20.1 Å². The third-order valence-electron chi connectivity index (χ3n) is 14.3. The first-order valence-electron chi connectivity index (χ1n) is 32.4. The molecule has 0 aromatic rings. The summed E-state index contributed by atoms with van der Waals surface area (Å²) >= 11 is 6.70. The van der Waals surface area contributed by atoms with E-state index in [1.807, 2.05) is 13.8 Å². The fraction of sp³-hybridized carbons (Fsp3) is 0.969. The first-order chi connectivity index (χ1) is 35.7. The molecule has 0 aliphatic carbocycles. The molecule has 0 fully saturated rings. The summed E-state index contributed by atoms with van der Waals surface area (Å²) in [5, 5.41) is 23.9. The van der Waals surface area contributed by atoms with E-state index in [0.717, 1.165) is 48.7 Å². The van der Waals surface area contributed by atoms with Crippen LogP contribution in [-0.4, -0.2) is 64.3 Å². The number of aliphatic carboxylic acids is 2. The molecule has 0 spiro atoms. The van der Waals surface area contributed by atoms with Gasteiger partial charge in [0.05, 0.1) is 20.1 Å². The molecule has 0 amide bonds. The Hall–Kier alpha value is 1.14. The molecule has 0 N–H and O–H groups in total. The van der Waals surface area contributed by atoms with Crippen molar-refractivity contribution in [3.8, 4) is 0 Å². The molecule has 0 aliphatic rings. The van der Waals surface area contributed by atoms with E-state index in [1.54, 1.807) is 55.9 Å². The van der Waals surface area contributed by atoms with E-state index in [9.17, 15) is 19.8 Å². The van der Waals surface area contributed by atoms with Crippen molar-refractivity contribution >= 4 is 80.1 Å². The van der Waals surface area contributed by atoms with Crippen LogP contribution in [0.2, 0.25) is 8.87 Å². The number of unbranched alkanes of at least 4 members (excludes halogenated alkanes) is 38. The Balaban J connectivity index is -0.00000115. The fourth-order valence-electron chi connectivity index (χ4n) is 9.05. The van der Waals surface area contributed by atoms with Crippen molar-refractivity contribution in [3.63, 3.8) is 0 Å². The van der Waals surface area contributed by atoms with Crippen LogP contribution in [0.1, 0.15) is 351 Å². The van der Waals surface area contributed by atoms with Crippen molar-refractivity contribution in [3.05, 3.63) is 0 Å². The monoisotopic (exact) mass is 1210 g/mol. The molecule has 9 heteroatoms. The van der Waals surface area contributed by atoms with Gasteiger partial charge in [-0.05, 0) is 61.5 Å². The molecule has 73 heavy (non-hydrogen) atoms. The SMILES string of the molecule is CCCCCCCCCCCCSC(CC)(SCCCCCCCCCCCC)C(=O)[O-].CCCCCCCCCCCCSC(CC)(SCCCCCCCCCCCC)C(=O)[O-].CCC[CH2][Sn+2][CH2]CCC. The second-order valence-corrected chi connectivity index (χ2v) is 31.7. The zero-order valence-electron chi connectivity index (χ0n) is 50.5. The molecular formula is C64H128O4S4Sn. The summed E-state index contributed by atoms with van der Waals surface area (Å²) in [6, 6.07) is 0. The maximum atomic E-state index is 11.9. The van der Waals surface area contributed by atoms with Gasteiger partial charge in [0.15, 0.2) is 0 Å². The number of carboxylic acid groups (broad SMARTS) is 2. The number of thioether (sulfide) groups is 4. The van der Waals surface area contributed by atoms with Gasteiger partial charge in [0.25, 0.3) is 0 Å². The van der Waals surface area contributed by atoms with Crippen LogP contribution < -0.4 is 10.2 Å². The molecule has 0 saturated carbocycles. The molecule has 4 nitrogen and oxygen atoms in total. The first kappa shape index (κ1) is 78.4. The third kappa shape index (κ3) is 56.2. The summed E-state index contributed by atoms with van der Waals surface area (Å²) in [5.41, 5.74) is 0. The number of carbonyl (C=O) groups excluding carboxylic acids is 2. The Labute approximate surface area is 486 Å². The molecule has 0 atom stereocenters. The van der Waals surface area contributed by atoms with Crippen molar-refractivity contribution in [1.82, 2.24) is 0 Å². The molecule has 436 valence electrons. The number of carbonyl (C=O) groups is 2. The van der Waals surface area contributed by atoms with Gasteiger partial charge in [0.2, 0.25) is 0 Å². The van der Waals surface area contributed by atoms with Gasteiger partial charge in [-0.25, -0.2) is 0 Å². The predicted octanol–water partition coefficient (Wildman–Crippen LogP) is 21.4. The van der Waals surface area contributed by atoms with Crippen LogP contribution in [0.15, 0.2) is 0 Å². The molecule has 0 heterocycles. The Kier molecular flexibility index (Phi) is 70.5. The van der Waals surface area contributed by atoms with E-state index in [2.05, 4.69) is 41.5 Å². The summed E-state index contributed by atoms with van der Waals surface area (Å²) in [6.07, 6.45) is 60.1. The summed E-state index contributed by atoms with van der Waals surface area (Å²) in [5.74, 6) is 2.06. The Morgan fingerprint density at radius 1 is 0.274 bits per heavy atom. The second-order valence-electron chi connectivity index (χ2n) is 21.4. The molecule has 0 aliphatic heterocycles. The molecular weight excluding hydrogens is 1080 g/mol. The van der Waals surface area contributed by atoms with Crippen LogP contribution >= 0.6 is 47.0 Å². The average molecular weight is 1210 g/mol. The van der Waals surface area contributed by atoms with Gasteiger partial charge < -0.3 is 19.8 Å². The van der Waals surface area contributed by atoms with Gasteiger partial charge in [0.1, 0.15) is 0 Å². The second kappa shape index (κ2) is 65.7. The minimum absolute atomic E-state index is 0.149. The fourth-order valence-corrected chi connectivity index (χ4v) is 18.9. The van der Waals surface area contributed by atoms with Gasteiger partial charge in [0, 0.05) is 0 Å². The minimum atomic E-state index is -0.867. The zero-order valence-corrected chi connectivity index (χ0v) is 56.7. The van der Waals surface area contributed by atoms with Crippen LogP contribution in [0, 0.1) is 0 Å². The van der Waals surface area contributed by atoms with Crippen molar-refractivity contribution in [2.75, 3.05) is 23.0 Å². The van der Waals surface area contributed by atoms with Gasteiger partial charge in [-0.2, -0.15) is 0 Å². The van der Waals surface area contributed by atoms with Gasteiger partial charge in [-0.15, -0.1) is 47.0 Å². The Bertz CT molecular complexity index is 935. The molecule has 0 saturated heterocycles. The summed E-state index contributed by atoms with van der Waals surface area (Å²) in [6.45, 7) is 17.7. The Morgan fingerprint density at radius 2 is 0.438 bits per heavy atom. The van der Waals surface area contributed by atoms with E-state index in [1.165, 1.54) is 257 Å². The molecule has 0 aromatic heterocycles. The van der Waals surface area contributed by atoms with E-state index >= 15 is 0 Å². The van der Waals surface area contributed by atoms with E-state index in [0.29, 0.717) is 12.8 Å². The number of rotatable bonds is 58. The molecule has 0 radical (unpaired) electrons. The number of hydrogen-bond acceptors (Lipinski definition) is 8. The number of carboxylic acids is 2. The molecule has 0 unspecified atom stereocenters. The van der Waals surface area contributed by atoms with E-state index in [-0.39, 0.29) is 21.1 Å². The molecule has 0 bridgehead atoms. The van der Waals surface area contributed by atoms with E-state index in [4.69, 9.17) is 0 Å². The quantitative estimate of drug-likeness (QED) is 0.0339. The van der Waals surface area contributed by atoms with Crippen LogP contribution in [0.3, 0.4) is 0 Å². The normalized spacial score (nSPS) is 11.5. The predicted molar refractivity (Wildman–Crippen MR) is 338 cm³/mol. The Morgan fingerprint density at radius 3 is 0.589 bits per heavy atom. The summed E-state index contributed by atoms with van der Waals surface area (Å²) in [7, 11) is 0. The van der Waals surface area contributed by atoms with Crippen LogP contribution in [0.5, 0.6) is 0 Å². The maximum absolute atomic E-state index is 11.9. The van der Waals surface area contributed by atoms with Gasteiger partial charge in [-0.3, -0.25) is 0 Å². The topological polar surface area (TPSA) is 80.3 Å². The van der Waals surface area contributed by atoms with Crippen molar-refractivity contribution < 1.29 is 19.8 Å². The van der Waals surface area contributed by atoms with Crippen molar-refractivity contribution in [2.45, 2.75) is 368 Å². The third-order valence-corrected chi connectivity index (χ3v) is 25.4. The molecule has 0 rings (SSSR count). The van der Waals surface area contributed by atoms with Crippen molar-refractivity contribution in [2.24, 2.45) is 0 Å².